The molecular weight excluding hydrogens is 350 g/mol. The molecule has 1 aliphatic rings. The van der Waals surface area contributed by atoms with Crippen molar-refractivity contribution < 1.29 is 9.84 Å². The van der Waals surface area contributed by atoms with Crippen LogP contribution in [0.4, 0.5) is 0 Å². The minimum atomic E-state index is -0.446. The largest absolute Gasteiger partial charge is 0.389 e. The van der Waals surface area contributed by atoms with E-state index in [2.05, 4.69) is 45.7 Å². The second kappa shape index (κ2) is 9.06. The van der Waals surface area contributed by atoms with Gasteiger partial charge in [0, 0.05) is 22.4 Å². The lowest BCUT2D eigenvalue weighted by molar-refractivity contribution is 0.0128. The molecule has 0 aliphatic heterocycles. The Morgan fingerprint density at radius 3 is 3.00 bits per heavy atom. The van der Waals surface area contributed by atoms with Gasteiger partial charge in [-0.05, 0) is 52.1 Å². The monoisotopic (exact) mass is 373 g/mol. The van der Waals surface area contributed by atoms with Crippen molar-refractivity contribution in [2.24, 2.45) is 11.8 Å². The van der Waals surface area contributed by atoms with Crippen LogP contribution in [0.15, 0.2) is 28.1 Å². The van der Waals surface area contributed by atoms with E-state index in [9.17, 15) is 5.11 Å². The van der Waals surface area contributed by atoms with Gasteiger partial charge >= 0.3 is 0 Å². The van der Waals surface area contributed by atoms with E-state index < -0.39 is 6.10 Å². The Kier molecular flexibility index (Phi) is 7.40. The first-order valence-electron chi connectivity index (χ1n) is 7.50. The Morgan fingerprint density at radius 1 is 1.48 bits per heavy atom. The number of halogens is 1. The van der Waals surface area contributed by atoms with Gasteiger partial charge in [-0.1, -0.05) is 19.1 Å². The Labute approximate surface area is 139 Å². The van der Waals surface area contributed by atoms with Crippen molar-refractivity contribution in [3.8, 4) is 0 Å². The van der Waals surface area contributed by atoms with Crippen molar-refractivity contribution in [3.63, 3.8) is 0 Å². The predicted octanol–water partition coefficient (Wildman–Crippen LogP) is 3.58. The second-order valence-electron chi connectivity index (χ2n) is 5.69. The zero-order chi connectivity index (χ0) is 15.1. The van der Waals surface area contributed by atoms with Gasteiger partial charge in [0.25, 0.3) is 0 Å². The quantitative estimate of drug-likeness (QED) is 0.684. The number of thiophene rings is 1. The summed E-state index contributed by atoms with van der Waals surface area (Å²) in [6, 6.07) is 2.04. The third kappa shape index (κ3) is 5.83. The molecule has 0 saturated carbocycles. The van der Waals surface area contributed by atoms with Gasteiger partial charge in [0.05, 0.1) is 19.3 Å². The summed E-state index contributed by atoms with van der Waals surface area (Å²) in [5.41, 5.74) is 0. The van der Waals surface area contributed by atoms with Crippen LogP contribution < -0.4 is 5.32 Å². The van der Waals surface area contributed by atoms with E-state index in [1.165, 1.54) is 4.88 Å². The summed E-state index contributed by atoms with van der Waals surface area (Å²) in [4.78, 5) is 1.26. The van der Waals surface area contributed by atoms with Crippen molar-refractivity contribution in [2.45, 2.75) is 32.4 Å². The van der Waals surface area contributed by atoms with E-state index >= 15 is 0 Å². The highest BCUT2D eigenvalue weighted by Crippen LogP contribution is 2.25. The third-order valence-electron chi connectivity index (χ3n) is 3.92. The molecule has 3 unspecified atom stereocenters. The van der Waals surface area contributed by atoms with Gasteiger partial charge in [-0.3, -0.25) is 0 Å². The highest BCUT2D eigenvalue weighted by molar-refractivity contribution is 9.10. The van der Waals surface area contributed by atoms with E-state index in [1.807, 2.05) is 6.07 Å². The molecule has 2 N–H and O–H groups in total. The van der Waals surface area contributed by atoms with Gasteiger partial charge in [0.1, 0.15) is 0 Å². The maximum atomic E-state index is 9.93. The van der Waals surface area contributed by atoms with E-state index in [0.717, 1.165) is 30.5 Å². The summed E-state index contributed by atoms with van der Waals surface area (Å²) in [7, 11) is 0. The number of aliphatic hydroxyl groups excluding tert-OH is 1. The Bertz CT molecular complexity index is 449. The van der Waals surface area contributed by atoms with Crippen molar-refractivity contribution in [2.75, 3.05) is 19.8 Å². The fourth-order valence-corrected chi connectivity index (χ4v) is 3.92. The number of hydrogen-bond acceptors (Lipinski definition) is 4. The minimum absolute atomic E-state index is 0.408. The maximum Gasteiger partial charge on any atom is 0.0897 e. The molecule has 1 aromatic heterocycles. The molecule has 0 amide bonds. The lowest BCUT2D eigenvalue weighted by Crippen LogP contribution is -2.31. The minimum Gasteiger partial charge on any atom is -0.389 e. The van der Waals surface area contributed by atoms with Crippen molar-refractivity contribution in [1.29, 1.82) is 0 Å². The van der Waals surface area contributed by atoms with Crippen LogP contribution in [0.25, 0.3) is 0 Å². The average molecular weight is 374 g/mol. The lowest BCUT2D eigenvalue weighted by Gasteiger charge is -2.25. The topological polar surface area (TPSA) is 41.5 Å². The van der Waals surface area contributed by atoms with E-state index in [1.54, 1.807) is 11.3 Å². The van der Waals surface area contributed by atoms with Gasteiger partial charge in [-0.2, -0.15) is 0 Å². The normalized spacial score (nSPS) is 23.4. The first-order chi connectivity index (χ1) is 10.2. The van der Waals surface area contributed by atoms with Crippen molar-refractivity contribution >= 4 is 27.3 Å². The molecule has 118 valence electrons. The molecule has 0 spiro atoms. The van der Waals surface area contributed by atoms with Gasteiger partial charge < -0.3 is 15.2 Å². The molecule has 0 saturated heterocycles. The summed E-state index contributed by atoms with van der Waals surface area (Å²) in [5, 5.41) is 15.3. The van der Waals surface area contributed by atoms with Gasteiger partial charge in [0.15, 0.2) is 0 Å². The molecule has 1 aromatic rings. The summed E-state index contributed by atoms with van der Waals surface area (Å²) < 4.78 is 6.82. The maximum absolute atomic E-state index is 9.93. The second-order valence-corrected chi connectivity index (χ2v) is 7.55. The highest BCUT2D eigenvalue weighted by atomic mass is 79.9. The lowest BCUT2D eigenvalue weighted by atomic mass is 9.85. The number of aliphatic hydroxyl groups is 1. The first-order valence-corrected chi connectivity index (χ1v) is 9.17. The first kappa shape index (κ1) is 17.2. The van der Waals surface area contributed by atoms with E-state index in [-0.39, 0.29) is 0 Å². The van der Waals surface area contributed by atoms with Crippen LogP contribution in [0.5, 0.6) is 0 Å². The smallest absolute Gasteiger partial charge is 0.0897 e. The summed E-state index contributed by atoms with van der Waals surface area (Å²) in [5.74, 6) is 1.28. The third-order valence-corrected chi connectivity index (χ3v) is 5.84. The molecule has 1 heterocycles. The SMILES string of the molecule is CC1CC=CCC1COCC(O)CNCc1sccc1Br. The van der Waals surface area contributed by atoms with Gasteiger partial charge in [-0.15, -0.1) is 11.3 Å². The number of rotatable bonds is 8. The molecule has 2 rings (SSSR count). The predicted molar refractivity (Wildman–Crippen MR) is 91.6 cm³/mol. The summed E-state index contributed by atoms with van der Waals surface area (Å²) >= 11 is 5.21. The van der Waals surface area contributed by atoms with E-state index in [4.69, 9.17) is 4.74 Å². The van der Waals surface area contributed by atoms with Crippen LogP contribution in [0.2, 0.25) is 0 Å². The molecule has 5 heteroatoms. The molecule has 1 aliphatic carbocycles. The molecule has 0 fully saturated rings. The van der Waals surface area contributed by atoms with Crippen LogP contribution in [0.3, 0.4) is 0 Å². The average Bonchev–Trinajstić information content (AvgIpc) is 2.87. The van der Waals surface area contributed by atoms with Crippen LogP contribution in [-0.2, 0) is 11.3 Å². The van der Waals surface area contributed by atoms with Crippen molar-refractivity contribution in [3.05, 3.63) is 32.9 Å². The van der Waals surface area contributed by atoms with E-state index in [0.29, 0.717) is 25.0 Å². The number of allylic oxidation sites excluding steroid dienone is 2. The Hall–Kier alpha value is -0.200. The van der Waals surface area contributed by atoms with Gasteiger partial charge in [0.2, 0.25) is 0 Å². The standard InChI is InChI=1S/C16H24BrNO2S/c1-12-4-2-3-5-13(12)10-20-11-14(19)8-18-9-16-15(17)6-7-21-16/h2-3,6-7,12-14,18-19H,4-5,8-11H2,1H3. The molecule has 3 nitrogen and oxygen atoms in total. The Balaban J connectivity index is 1.56. The molecular formula is C16H24BrNO2S. The number of nitrogens with one attached hydrogen (secondary N) is 1. The summed E-state index contributed by atoms with van der Waals surface area (Å²) in [6.07, 6.45) is 6.29. The number of ether oxygens (including phenoxy) is 1. The summed E-state index contributed by atoms with van der Waals surface area (Å²) in [6.45, 7) is 4.77. The van der Waals surface area contributed by atoms with Crippen LogP contribution in [-0.4, -0.2) is 31.0 Å². The fourth-order valence-electron chi connectivity index (χ4n) is 2.46. The number of hydrogen-bond donors (Lipinski definition) is 2. The van der Waals surface area contributed by atoms with Crippen LogP contribution in [0.1, 0.15) is 24.6 Å². The molecule has 0 aromatic carbocycles. The highest BCUT2D eigenvalue weighted by Gasteiger charge is 2.18. The molecule has 0 radical (unpaired) electrons. The fraction of sp³-hybridized carbons (Fsp3) is 0.625. The zero-order valence-corrected chi connectivity index (χ0v) is 14.8. The Morgan fingerprint density at radius 2 is 2.29 bits per heavy atom. The molecule has 0 bridgehead atoms. The van der Waals surface area contributed by atoms with Gasteiger partial charge in [-0.25, -0.2) is 0 Å². The van der Waals surface area contributed by atoms with Crippen LogP contribution in [0, 0.1) is 11.8 Å². The van der Waals surface area contributed by atoms with Crippen LogP contribution >= 0.6 is 27.3 Å². The molecule has 21 heavy (non-hydrogen) atoms. The zero-order valence-electron chi connectivity index (χ0n) is 12.4. The molecule has 3 atom stereocenters. The van der Waals surface area contributed by atoms with Crippen molar-refractivity contribution in [1.82, 2.24) is 5.32 Å².